The van der Waals surface area contributed by atoms with Crippen LogP contribution in [0.4, 0.5) is 0 Å². The third-order valence-electron chi connectivity index (χ3n) is 2.73. The first kappa shape index (κ1) is 13.1. The van der Waals surface area contributed by atoms with Crippen LogP contribution in [0.2, 0.25) is 10.2 Å². The standard InChI is InChI=1S/C13H12Cl2N2O/c1-7-8(2)16-13(17-12(7)15)10-5-4-9(14)6-11(10)18-3/h4-6H,1-3H3. The van der Waals surface area contributed by atoms with Crippen molar-refractivity contribution in [2.45, 2.75) is 13.8 Å². The van der Waals surface area contributed by atoms with Gasteiger partial charge in [0, 0.05) is 16.3 Å². The van der Waals surface area contributed by atoms with Gasteiger partial charge in [-0.1, -0.05) is 23.2 Å². The molecule has 18 heavy (non-hydrogen) atoms. The molecule has 0 N–H and O–H groups in total. The van der Waals surface area contributed by atoms with Gasteiger partial charge in [-0.15, -0.1) is 0 Å². The van der Waals surface area contributed by atoms with Gasteiger partial charge in [0.25, 0.3) is 0 Å². The highest BCUT2D eigenvalue weighted by molar-refractivity contribution is 6.31. The van der Waals surface area contributed by atoms with Crippen LogP contribution in [0, 0.1) is 13.8 Å². The second-order valence-electron chi connectivity index (χ2n) is 3.89. The van der Waals surface area contributed by atoms with Gasteiger partial charge < -0.3 is 4.74 Å². The number of methoxy groups -OCH3 is 1. The average molecular weight is 283 g/mol. The summed E-state index contributed by atoms with van der Waals surface area (Å²) in [6, 6.07) is 5.32. The minimum Gasteiger partial charge on any atom is -0.496 e. The van der Waals surface area contributed by atoms with E-state index in [1.54, 1.807) is 19.2 Å². The Morgan fingerprint density at radius 1 is 1.11 bits per heavy atom. The number of rotatable bonds is 2. The van der Waals surface area contributed by atoms with E-state index in [2.05, 4.69) is 9.97 Å². The lowest BCUT2D eigenvalue weighted by Gasteiger charge is -2.10. The Hall–Kier alpha value is -1.32. The van der Waals surface area contributed by atoms with E-state index in [-0.39, 0.29) is 0 Å². The zero-order valence-corrected chi connectivity index (χ0v) is 11.8. The molecule has 0 aliphatic rings. The minimum atomic E-state index is 0.453. The van der Waals surface area contributed by atoms with Crippen molar-refractivity contribution in [3.05, 3.63) is 39.6 Å². The third kappa shape index (κ3) is 2.42. The Morgan fingerprint density at radius 3 is 2.44 bits per heavy atom. The van der Waals surface area contributed by atoms with Crippen molar-refractivity contribution >= 4 is 23.2 Å². The van der Waals surface area contributed by atoms with Crippen molar-refractivity contribution in [2.75, 3.05) is 7.11 Å². The van der Waals surface area contributed by atoms with Gasteiger partial charge >= 0.3 is 0 Å². The van der Waals surface area contributed by atoms with Crippen LogP contribution in [0.25, 0.3) is 11.4 Å². The van der Waals surface area contributed by atoms with Crippen LogP contribution in [0.3, 0.4) is 0 Å². The van der Waals surface area contributed by atoms with Crippen molar-refractivity contribution in [2.24, 2.45) is 0 Å². The van der Waals surface area contributed by atoms with E-state index in [9.17, 15) is 0 Å². The van der Waals surface area contributed by atoms with E-state index in [0.717, 1.165) is 16.8 Å². The fourth-order valence-corrected chi connectivity index (χ4v) is 1.94. The molecule has 0 amide bonds. The molecule has 0 saturated carbocycles. The smallest absolute Gasteiger partial charge is 0.164 e. The SMILES string of the molecule is COc1cc(Cl)ccc1-c1nc(C)c(C)c(Cl)n1. The van der Waals surface area contributed by atoms with Crippen LogP contribution < -0.4 is 4.74 Å². The number of hydrogen-bond donors (Lipinski definition) is 0. The Kier molecular flexibility index (Phi) is 3.73. The Labute approximate surface area is 116 Å². The van der Waals surface area contributed by atoms with Gasteiger partial charge in [0.15, 0.2) is 5.82 Å². The highest BCUT2D eigenvalue weighted by atomic mass is 35.5. The predicted octanol–water partition coefficient (Wildman–Crippen LogP) is 4.08. The zero-order chi connectivity index (χ0) is 13.3. The number of benzene rings is 1. The minimum absolute atomic E-state index is 0.453. The summed E-state index contributed by atoms with van der Waals surface area (Å²) in [4.78, 5) is 8.70. The van der Waals surface area contributed by atoms with Crippen LogP contribution in [0.5, 0.6) is 5.75 Å². The lowest BCUT2D eigenvalue weighted by atomic mass is 10.1. The van der Waals surface area contributed by atoms with Gasteiger partial charge in [0.2, 0.25) is 0 Å². The molecule has 0 aliphatic heterocycles. The second-order valence-corrected chi connectivity index (χ2v) is 4.69. The number of hydrogen-bond acceptors (Lipinski definition) is 3. The summed E-state index contributed by atoms with van der Waals surface area (Å²) >= 11 is 12.0. The van der Waals surface area contributed by atoms with Crippen LogP contribution >= 0.6 is 23.2 Å². The Morgan fingerprint density at radius 2 is 1.83 bits per heavy atom. The summed E-state index contributed by atoms with van der Waals surface area (Å²) in [6.07, 6.45) is 0. The molecule has 0 fully saturated rings. The van der Waals surface area contributed by atoms with Crippen LogP contribution in [0.1, 0.15) is 11.3 Å². The maximum absolute atomic E-state index is 6.08. The lowest BCUT2D eigenvalue weighted by molar-refractivity contribution is 0.416. The van der Waals surface area contributed by atoms with Crippen LogP contribution in [-0.4, -0.2) is 17.1 Å². The van der Waals surface area contributed by atoms with Crippen molar-refractivity contribution in [1.29, 1.82) is 0 Å². The summed E-state index contributed by atoms with van der Waals surface area (Å²) < 4.78 is 5.28. The molecule has 2 aromatic rings. The van der Waals surface area contributed by atoms with Gasteiger partial charge in [0.05, 0.1) is 12.7 Å². The summed E-state index contributed by atoms with van der Waals surface area (Å²) in [6.45, 7) is 3.79. The van der Waals surface area contributed by atoms with E-state index in [0.29, 0.717) is 21.7 Å². The molecule has 2 rings (SSSR count). The fourth-order valence-electron chi connectivity index (χ4n) is 1.56. The molecular formula is C13H12Cl2N2O. The molecule has 0 atom stereocenters. The molecule has 94 valence electrons. The number of aromatic nitrogens is 2. The van der Waals surface area contributed by atoms with Gasteiger partial charge in [-0.3, -0.25) is 0 Å². The maximum atomic E-state index is 6.08. The molecule has 0 bridgehead atoms. The number of halogens is 2. The zero-order valence-electron chi connectivity index (χ0n) is 10.3. The van der Waals surface area contributed by atoms with Crippen molar-refractivity contribution in [3.63, 3.8) is 0 Å². The topological polar surface area (TPSA) is 35.0 Å². The molecular weight excluding hydrogens is 271 g/mol. The average Bonchev–Trinajstić information content (AvgIpc) is 2.35. The number of aryl methyl sites for hydroxylation is 1. The number of nitrogens with zero attached hydrogens (tertiary/aromatic N) is 2. The van der Waals surface area contributed by atoms with E-state index < -0.39 is 0 Å². The first-order valence-electron chi connectivity index (χ1n) is 5.37. The Balaban J connectivity index is 2.62. The van der Waals surface area contributed by atoms with Gasteiger partial charge in [-0.05, 0) is 32.0 Å². The normalized spacial score (nSPS) is 10.5. The molecule has 1 heterocycles. The van der Waals surface area contributed by atoms with Crippen LogP contribution in [-0.2, 0) is 0 Å². The molecule has 0 radical (unpaired) electrons. The monoisotopic (exact) mass is 282 g/mol. The van der Waals surface area contributed by atoms with Crippen molar-refractivity contribution < 1.29 is 4.74 Å². The van der Waals surface area contributed by atoms with Gasteiger partial charge in [-0.2, -0.15) is 0 Å². The highest BCUT2D eigenvalue weighted by Gasteiger charge is 2.12. The molecule has 1 aromatic heterocycles. The largest absolute Gasteiger partial charge is 0.496 e. The first-order valence-corrected chi connectivity index (χ1v) is 6.13. The highest BCUT2D eigenvalue weighted by Crippen LogP contribution is 2.31. The summed E-state index contributed by atoms with van der Waals surface area (Å²) in [5.74, 6) is 1.17. The Bertz CT molecular complexity index is 577. The predicted molar refractivity (Wildman–Crippen MR) is 73.5 cm³/mol. The van der Waals surface area contributed by atoms with E-state index in [1.165, 1.54) is 0 Å². The van der Waals surface area contributed by atoms with Crippen molar-refractivity contribution in [1.82, 2.24) is 9.97 Å². The summed E-state index contributed by atoms with van der Waals surface area (Å²) in [5, 5.41) is 1.06. The van der Waals surface area contributed by atoms with E-state index >= 15 is 0 Å². The molecule has 1 aromatic carbocycles. The van der Waals surface area contributed by atoms with Gasteiger partial charge in [-0.25, -0.2) is 9.97 Å². The first-order chi connectivity index (χ1) is 8.52. The van der Waals surface area contributed by atoms with Crippen molar-refractivity contribution in [3.8, 4) is 17.1 Å². The molecule has 0 unspecified atom stereocenters. The maximum Gasteiger partial charge on any atom is 0.164 e. The van der Waals surface area contributed by atoms with E-state index in [4.69, 9.17) is 27.9 Å². The molecule has 3 nitrogen and oxygen atoms in total. The summed E-state index contributed by atoms with van der Waals surface area (Å²) in [5.41, 5.74) is 2.50. The molecule has 0 aliphatic carbocycles. The number of ether oxygens (including phenoxy) is 1. The molecule has 0 spiro atoms. The van der Waals surface area contributed by atoms with Crippen LogP contribution in [0.15, 0.2) is 18.2 Å². The third-order valence-corrected chi connectivity index (χ3v) is 3.34. The van der Waals surface area contributed by atoms with Gasteiger partial charge in [0.1, 0.15) is 10.9 Å². The summed E-state index contributed by atoms with van der Waals surface area (Å²) in [7, 11) is 1.58. The second kappa shape index (κ2) is 5.12. The van der Waals surface area contributed by atoms with E-state index in [1.807, 2.05) is 19.9 Å². The quantitative estimate of drug-likeness (QED) is 0.779. The lowest BCUT2D eigenvalue weighted by Crippen LogP contribution is -1.98. The molecule has 5 heteroatoms. The fraction of sp³-hybridized carbons (Fsp3) is 0.231. The molecule has 0 saturated heterocycles.